The molecule has 0 spiro atoms. The standard InChI is InChI=1S/C41H61ClN4O6S/c1-25(9-8-19-46(6)20-18-44-35-15-17-43-36-23-29(42)10-11-31(35)36)32-12-13-33-39-34(24-38(41(32,33)5)52-27(3)48)40(4)16-14-30(45-53(7,49)50)21-28(40)22-37(39)51-26(2)47/h10-11,15,17,23,25,28,30,32-34,37-39,45H,8-9,12-14,16,18-22,24H2,1-7H3,(H,43,44)/t25?,28-,30+,32+,33?,34?,37+,38-,39?,40-,41+/m0/s1. The molecule has 4 saturated carbocycles. The third kappa shape index (κ3) is 8.53. The number of pyridine rings is 1. The van der Waals surface area contributed by atoms with Gasteiger partial charge in [0.15, 0.2) is 0 Å². The molecule has 1 aromatic heterocycles. The van der Waals surface area contributed by atoms with Crippen LogP contribution in [0.1, 0.15) is 92.4 Å². The summed E-state index contributed by atoms with van der Waals surface area (Å²) in [5.41, 5.74) is 1.66. The van der Waals surface area contributed by atoms with Crippen LogP contribution in [0.2, 0.25) is 5.02 Å². The lowest BCUT2D eigenvalue weighted by Crippen LogP contribution is -2.64. The van der Waals surface area contributed by atoms with E-state index in [4.69, 9.17) is 21.1 Å². The van der Waals surface area contributed by atoms with Crippen LogP contribution in [0.3, 0.4) is 0 Å². The second-order valence-corrected chi connectivity index (χ2v) is 19.7. The van der Waals surface area contributed by atoms with E-state index in [0.29, 0.717) is 16.9 Å². The second kappa shape index (κ2) is 15.9. The van der Waals surface area contributed by atoms with Crippen LogP contribution in [0.4, 0.5) is 5.69 Å². The number of anilines is 1. The predicted octanol–water partition coefficient (Wildman–Crippen LogP) is 7.31. The van der Waals surface area contributed by atoms with Crippen molar-refractivity contribution >= 4 is 50.2 Å². The van der Waals surface area contributed by atoms with Crippen molar-refractivity contribution in [2.24, 2.45) is 46.3 Å². The molecule has 2 N–H and O–H groups in total. The number of carbonyl (C=O) groups excluding carboxylic acids is 2. The van der Waals surface area contributed by atoms with Gasteiger partial charge in [0.05, 0.1) is 11.8 Å². The van der Waals surface area contributed by atoms with Crippen LogP contribution >= 0.6 is 11.6 Å². The van der Waals surface area contributed by atoms with E-state index >= 15 is 0 Å². The van der Waals surface area contributed by atoms with Crippen molar-refractivity contribution < 1.29 is 27.5 Å². The van der Waals surface area contributed by atoms with Crippen LogP contribution < -0.4 is 10.0 Å². The van der Waals surface area contributed by atoms with E-state index in [1.807, 2.05) is 30.5 Å². The lowest BCUT2D eigenvalue weighted by atomic mass is 9.43. The van der Waals surface area contributed by atoms with Gasteiger partial charge in [-0.15, -0.1) is 0 Å². The van der Waals surface area contributed by atoms with Gasteiger partial charge in [0, 0.05) is 66.6 Å². The van der Waals surface area contributed by atoms with Gasteiger partial charge in [0.2, 0.25) is 10.0 Å². The molecule has 4 fully saturated rings. The first-order valence-corrected chi connectivity index (χ1v) is 22.0. The number of nitrogens with one attached hydrogen (secondary N) is 2. The fourth-order valence-electron chi connectivity index (χ4n) is 11.9. The Bertz CT molecular complexity index is 1760. The Morgan fingerprint density at radius 3 is 2.51 bits per heavy atom. The minimum Gasteiger partial charge on any atom is -0.462 e. The van der Waals surface area contributed by atoms with Gasteiger partial charge >= 0.3 is 11.9 Å². The second-order valence-electron chi connectivity index (χ2n) is 17.5. The fourth-order valence-corrected chi connectivity index (χ4v) is 12.9. The molecule has 11 atom stereocenters. The molecule has 12 heteroatoms. The Morgan fingerprint density at radius 1 is 1.04 bits per heavy atom. The molecule has 294 valence electrons. The van der Waals surface area contributed by atoms with Crippen molar-refractivity contribution in [1.82, 2.24) is 14.6 Å². The molecular formula is C41H61ClN4O6S. The molecule has 6 rings (SSSR count). The topological polar surface area (TPSA) is 127 Å². The number of hydrogen-bond donors (Lipinski definition) is 2. The van der Waals surface area contributed by atoms with E-state index in [0.717, 1.165) is 94.0 Å². The summed E-state index contributed by atoms with van der Waals surface area (Å²) in [6, 6.07) is 7.69. The highest BCUT2D eigenvalue weighted by molar-refractivity contribution is 7.88. The highest BCUT2D eigenvalue weighted by Gasteiger charge is 2.67. The van der Waals surface area contributed by atoms with E-state index in [1.165, 1.54) is 20.1 Å². The SMILES string of the molecule is CC(=O)O[C@H]1CC2C(C3CC[C@H](C(C)CCCN(C)CCNc4ccnc5cc(Cl)ccc45)[C@]31C)[C@H](OC(C)=O)C[C@@H]1C[C@H](NS(C)(=O)=O)CC[C@]21C. The average molecular weight is 773 g/mol. The highest BCUT2D eigenvalue weighted by Crippen LogP contribution is 2.69. The van der Waals surface area contributed by atoms with Gasteiger partial charge in [-0.2, -0.15) is 0 Å². The minimum atomic E-state index is -3.33. The van der Waals surface area contributed by atoms with Gasteiger partial charge in [-0.3, -0.25) is 14.6 Å². The summed E-state index contributed by atoms with van der Waals surface area (Å²) in [6.45, 7) is 12.9. The van der Waals surface area contributed by atoms with Crippen molar-refractivity contribution in [3.63, 3.8) is 0 Å². The first kappa shape index (κ1) is 40.2. The number of fused-ring (bicyclic) bond motifs is 6. The molecule has 0 radical (unpaired) electrons. The van der Waals surface area contributed by atoms with Gasteiger partial charge in [-0.05, 0) is 131 Å². The summed E-state index contributed by atoms with van der Waals surface area (Å²) in [6.07, 6.45) is 10.8. The lowest BCUT2D eigenvalue weighted by molar-refractivity contribution is -0.220. The van der Waals surface area contributed by atoms with Gasteiger partial charge in [-0.1, -0.05) is 32.4 Å². The van der Waals surface area contributed by atoms with E-state index < -0.39 is 10.0 Å². The van der Waals surface area contributed by atoms with Gasteiger partial charge in [-0.25, -0.2) is 13.1 Å². The zero-order valence-corrected chi connectivity index (χ0v) is 34.3. The first-order valence-electron chi connectivity index (χ1n) is 19.8. The van der Waals surface area contributed by atoms with Crippen LogP contribution in [0.5, 0.6) is 0 Å². The molecule has 4 unspecified atom stereocenters. The third-order valence-corrected chi connectivity index (χ3v) is 15.2. The number of sulfonamides is 1. The van der Waals surface area contributed by atoms with E-state index in [9.17, 15) is 18.0 Å². The zero-order valence-electron chi connectivity index (χ0n) is 32.7. The summed E-state index contributed by atoms with van der Waals surface area (Å²) in [4.78, 5) is 32.2. The molecule has 4 aliphatic rings. The van der Waals surface area contributed by atoms with Crippen molar-refractivity contribution in [2.75, 3.05) is 38.3 Å². The third-order valence-electron chi connectivity index (χ3n) is 14.2. The quantitative estimate of drug-likeness (QED) is 0.202. The largest absolute Gasteiger partial charge is 0.462 e. The summed E-state index contributed by atoms with van der Waals surface area (Å²) in [7, 11) is -1.15. The Hall–Kier alpha value is -2.47. The maximum Gasteiger partial charge on any atom is 0.302 e. The molecule has 0 amide bonds. The number of esters is 2. The minimum absolute atomic E-state index is 0.0574. The molecule has 0 aliphatic heterocycles. The van der Waals surface area contributed by atoms with E-state index in [2.05, 4.69) is 47.7 Å². The summed E-state index contributed by atoms with van der Waals surface area (Å²) in [5, 5.41) is 5.33. The van der Waals surface area contributed by atoms with Crippen molar-refractivity contribution in [3.05, 3.63) is 35.5 Å². The van der Waals surface area contributed by atoms with Crippen molar-refractivity contribution in [3.8, 4) is 0 Å². The number of hydrogen-bond acceptors (Lipinski definition) is 9. The Kier molecular flexibility index (Phi) is 12.1. The van der Waals surface area contributed by atoms with Crippen LogP contribution in [0.15, 0.2) is 30.5 Å². The molecule has 4 aliphatic carbocycles. The Morgan fingerprint density at radius 2 is 1.79 bits per heavy atom. The number of nitrogens with zero attached hydrogens (tertiary/aromatic N) is 2. The van der Waals surface area contributed by atoms with Crippen LogP contribution in [-0.2, 0) is 29.1 Å². The number of carbonyl (C=O) groups is 2. The molecule has 0 saturated heterocycles. The molecule has 1 heterocycles. The summed E-state index contributed by atoms with van der Waals surface area (Å²) >= 11 is 6.17. The van der Waals surface area contributed by atoms with Gasteiger partial charge < -0.3 is 19.7 Å². The lowest BCUT2D eigenvalue weighted by Gasteiger charge is -2.64. The number of likely N-dealkylation sites (N-methyl/N-ethyl adjacent to an activating group) is 1. The molecule has 53 heavy (non-hydrogen) atoms. The monoisotopic (exact) mass is 772 g/mol. The number of benzene rings is 1. The van der Waals surface area contributed by atoms with Crippen molar-refractivity contribution in [2.45, 2.75) is 111 Å². The maximum atomic E-state index is 12.8. The predicted molar refractivity (Wildman–Crippen MR) is 210 cm³/mol. The molecular weight excluding hydrogens is 712 g/mol. The fraction of sp³-hybridized carbons (Fsp3) is 0.732. The molecule has 1 aromatic carbocycles. The zero-order chi connectivity index (χ0) is 38.3. The van der Waals surface area contributed by atoms with Gasteiger partial charge in [0.1, 0.15) is 12.2 Å². The van der Waals surface area contributed by atoms with Crippen LogP contribution in [0.25, 0.3) is 10.9 Å². The van der Waals surface area contributed by atoms with Crippen LogP contribution in [0, 0.1) is 46.3 Å². The first-order chi connectivity index (χ1) is 25.0. The van der Waals surface area contributed by atoms with Crippen molar-refractivity contribution in [1.29, 1.82) is 0 Å². The number of halogens is 1. The summed E-state index contributed by atoms with van der Waals surface area (Å²) in [5.74, 6) is 1.20. The Balaban J connectivity index is 1.12. The normalized spacial score (nSPS) is 34.5. The maximum absolute atomic E-state index is 12.8. The molecule has 0 bridgehead atoms. The summed E-state index contributed by atoms with van der Waals surface area (Å²) < 4.78 is 39.8. The average Bonchev–Trinajstić information content (AvgIpc) is 3.42. The van der Waals surface area contributed by atoms with E-state index in [-0.39, 0.29) is 64.7 Å². The Labute approximate surface area is 321 Å². The van der Waals surface area contributed by atoms with Crippen LogP contribution in [-0.4, -0.2) is 81.4 Å². The number of aromatic nitrogens is 1. The van der Waals surface area contributed by atoms with E-state index in [1.54, 1.807) is 0 Å². The molecule has 2 aromatic rings. The smallest absolute Gasteiger partial charge is 0.302 e. The molecule has 10 nitrogen and oxygen atoms in total. The highest BCUT2D eigenvalue weighted by atomic mass is 35.5. The number of rotatable bonds is 13. The van der Waals surface area contributed by atoms with Gasteiger partial charge in [0.25, 0.3) is 0 Å². The number of ether oxygens (including phenoxy) is 2.